The normalized spacial score (nSPS) is 14.0. The molecule has 0 spiro atoms. The largest absolute Gasteiger partial charge is 0.486 e. The number of pyridine rings is 2. The molecule has 2 heterocycles. The van der Waals surface area contributed by atoms with E-state index in [2.05, 4.69) is 14.7 Å². The standard InChI is InChI=1S/C16H14F6N2O3S/c1-2-28(25,26)12-4-3-7-23-13(12)11-6-5-10(8-24-11)27-9-15(18,19)14(17)16(20,21)22/h3-8,14H,2,9H2,1H3. The lowest BCUT2D eigenvalue weighted by atomic mass is 10.2. The van der Waals surface area contributed by atoms with Crippen LogP contribution in [0.4, 0.5) is 26.3 Å². The number of rotatable bonds is 7. The highest BCUT2D eigenvalue weighted by atomic mass is 32.2. The van der Waals surface area contributed by atoms with Crippen LogP contribution in [0, 0.1) is 0 Å². The van der Waals surface area contributed by atoms with Crippen LogP contribution in [0.2, 0.25) is 0 Å². The third kappa shape index (κ3) is 4.91. The van der Waals surface area contributed by atoms with Crippen LogP contribution in [0.15, 0.2) is 41.6 Å². The molecule has 154 valence electrons. The van der Waals surface area contributed by atoms with Gasteiger partial charge in [0.05, 0.1) is 22.5 Å². The van der Waals surface area contributed by atoms with Gasteiger partial charge >= 0.3 is 12.1 Å². The molecule has 1 unspecified atom stereocenters. The van der Waals surface area contributed by atoms with Crippen molar-refractivity contribution >= 4 is 9.84 Å². The van der Waals surface area contributed by atoms with E-state index in [1.165, 1.54) is 31.3 Å². The second-order valence-electron chi connectivity index (χ2n) is 5.59. The molecule has 0 saturated carbocycles. The average Bonchev–Trinajstić information content (AvgIpc) is 2.65. The quantitative estimate of drug-likeness (QED) is 0.627. The molecular weight excluding hydrogens is 414 g/mol. The number of aromatic nitrogens is 2. The minimum absolute atomic E-state index is 0.0159. The van der Waals surface area contributed by atoms with Crippen LogP contribution in [-0.4, -0.2) is 49.0 Å². The number of alkyl halides is 6. The molecule has 0 fully saturated rings. The number of sulfone groups is 1. The van der Waals surface area contributed by atoms with E-state index in [-0.39, 0.29) is 27.8 Å². The van der Waals surface area contributed by atoms with Gasteiger partial charge in [0.15, 0.2) is 16.4 Å². The number of hydrogen-bond acceptors (Lipinski definition) is 5. The lowest BCUT2D eigenvalue weighted by Crippen LogP contribution is -2.45. The molecule has 0 amide bonds. The van der Waals surface area contributed by atoms with Gasteiger partial charge in [0.2, 0.25) is 0 Å². The van der Waals surface area contributed by atoms with Crippen LogP contribution in [0.3, 0.4) is 0 Å². The van der Waals surface area contributed by atoms with Crippen molar-refractivity contribution in [3.8, 4) is 17.1 Å². The zero-order chi connectivity index (χ0) is 21.2. The van der Waals surface area contributed by atoms with Gasteiger partial charge in [-0.15, -0.1) is 0 Å². The molecule has 2 aromatic heterocycles. The summed E-state index contributed by atoms with van der Waals surface area (Å²) in [4.78, 5) is 7.70. The summed E-state index contributed by atoms with van der Waals surface area (Å²) in [5, 5.41) is 0. The number of halogens is 6. The topological polar surface area (TPSA) is 69.2 Å². The van der Waals surface area contributed by atoms with Crippen molar-refractivity contribution in [2.24, 2.45) is 0 Å². The first-order valence-corrected chi connectivity index (χ1v) is 9.39. The van der Waals surface area contributed by atoms with Crippen LogP contribution < -0.4 is 4.74 Å². The summed E-state index contributed by atoms with van der Waals surface area (Å²) in [6.45, 7) is -0.413. The molecule has 0 saturated heterocycles. The Bertz CT molecular complexity index is 917. The van der Waals surface area contributed by atoms with Crippen LogP contribution in [-0.2, 0) is 9.84 Å². The predicted molar refractivity (Wildman–Crippen MR) is 86.6 cm³/mol. The summed E-state index contributed by atoms with van der Waals surface area (Å²) in [6, 6.07) is 5.02. The summed E-state index contributed by atoms with van der Waals surface area (Å²) >= 11 is 0. The fraction of sp³-hybridized carbons (Fsp3) is 0.375. The smallest absolute Gasteiger partial charge is 0.425 e. The maximum Gasteiger partial charge on any atom is 0.425 e. The fourth-order valence-corrected chi connectivity index (χ4v) is 3.14. The summed E-state index contributed by atoms with van der Waals surface area (Å²) in [5.74, 6) is -5.33. The number of nitrogens with zero attached hydrogens (tertiary/aromatic N) is 2. The Morgan fingerprint density at radius 1 is 1.11 bits per heavy atom. The van der Waals surface area contributed by atoms with Crippen molar-refractivity contribution in [3.05, 3.63) is 36.7 Å². The monoisotopic (exact) mass is 428 g/mol. The van der Waals surface area contributed by atoms with E-state index < -0.39 is 34.7 Å². The molecule has 12 heteroatoms. The molecule has 0 bridgehead atoms. The van der Waals surface area contributed by atoms with Crippen LogP contribution in [0.1, 0.15) is 6.92 Å². The van der Waals surface area contributed by atoms with Crippen LogP contribution in [0.5, 0.6) is 5.75 Å². The van der Waals surface area contributed by atoms with Gasteiger partial charge in [-0.05, 0) is 24.3 Å². The molecule has 2 rings (SSSR count). The molecule has 0 aromatic carbocycles. The van der Waals surface area contributed by atoms with Gasteiger partial charge in [0, 0.05) is 6.20 Å². The fourth-order valence-electron chi connectivity index (χ4n) is 2.09. The zero-order valence-corrected chi connectivity index (χ0v) is 15.1. The van der Waals surface area contributed by atoms with Crippen LogP contribution >= 0.6 is 0 Å². The maximum atomic E-state index is 13.2. The first-order chi connectivity index (χ1) is 12.9. The maximum absolute atomic E-state index is 13.2. The molecule has 0 aliphatic heterocycles. The summed E-state index contributed by atoms with van der Waals surface area (Å²) in [5.41, 5.74) is 0.0903. The summed E-state index contributed by atoms with van der Waals surface area (Å²) in [7, 11) is -3.62. The molecule has 0 aliphatic carbocycles. The molecule has 0 radical (unpaired) electrons. The molecular formula is C16H14F6N2O3S. The SMILES string of the molecule is CCS(=O)(=O)c1cccnc1-c1ccc(OCC(F)(F)C(F)C(F)(F)F)cn1. The van der Waals surface area contributed by atoms with E-state index >= 15 is 0 Å². The Balaban J connectivity index is 2.20. The minimum Gasteiger partial charge on any atom is -0.486 e. The third-order valence-corrected chi connectivity index (χ3v) is 5.31. The van der Waals surface area contributed by atoms with Crippen molar-refractivity contribution < 1.29 is 39.5 Å². The van der Waals surface area contributed by atoms with E-state index in [1.54, 1.807) is 0 Å². The minimum atomic E-state index is -5.73. The average molecular weight is 428 g/mol. The zero-order valence-electron chi connectivity index (χ0n) is 14.3. The Kier molecular flexibility index (Phi) is 6.21. The summed E-state index contributed by atoms with van der Waals surface area (Å²) < 4.78 is 104. The highest BCUT2D eigenvalue weighted by Gasteiger charge is 2.57. The highest BCUT2D eigenvalue weighted by molar-refractivity contribution is 7.91. The molecule has 0 N–H and O–H groups in total. The molecule has 28 heavy (non-hydrogen) atoms. The van der Waals surface area contributed by atoms with Gasteiger partial charge in [-0.2, -0.15) is 22.0 Å². The lowest BCUT2D eigenvalue weighted by molar-refractivity contribution is -0.250. The third-order valence-electron chi connectivity index (χ3n) is 3.55. The molecule has 1 atom stereocenters. The number of hydrogen-bond donors (Lipinski definition) is 0. The van der Waals surface area contributed by atoms with Crippen LogP contribution in [0.25, 0.3) is 11.4 Å². The van der Waals surface area contributed by atoms with E-state index in [9.17, 15) is 34.8 Å². The number of ether oxygens (including phenoxy) is 1. The van der Waals surface area contributed by atoms with Gasteiger partial charge in [0.1, 0.15) is 11.4 Å². The lowest BCUT2D eigenvalue weighted by Gasteiger charge is -2.22. The van der Waals surface area contributed by atoms with Crippen molar-refractivity contribution in [3.63, 3.8) is 0 Å². The van der Waals surface area contributed by atoms with E-state index in [0.717, 1.165) is 12.3 Å². The van der Waals surface area contributed by atoms with Gasteiger partial charge in [-0.1, -0.05) is 6.92 Å². The first-order valence-electron chi connectivity index (χ1n) is 7.74. The van der Waals surface area contributed by atoms with Gasteiger partial charge < -0.3 is 4.74 Å². The Morgan fingerprint density at radius 2 is 1.79 bits per heavy atom. The summed E-state index contributed by atoms with van der Waals surface area (Å²) in [6.07, 6.45) is -7.88. The van der Waals surface area contributed by atoms with Crippen molar-refractivity contribution in [1.29, 1.82) is 0 Å². The Hall–Kier alpha value is -2.37. The van der Waals surface area contributed by atoms with Crippen molar-refractivity contribution in [2.75, 3.05) is 12.4 Å². The highest BCUT2D eigenvalue weighted by Crippen LogP contribution is 2.35. The molecule has 0 aliphatic rings. The Morgan fingerprint density at radius 3 is 2.32 bits per heavy atom. The van der Waals surface area contributed by atoms with E-state index in [4.69, 9.17) is 0 Å². The Labute approximate surface area is 156 Å². The second kappa shape index (κ2) is 7.94. The molecule has 5 nitrogen and oxygen atoms in total. The second-order valence-corrected chi connectivity index (χ2v) is 7.83. The first kappa shape index (κ1) is 21.9. The molecule has 2 aromatic rings. The van der Waals surface area contributed by atoms with E-state index in [0.29, 0.717) is 0 Å². The van der Waals surface area contributed by atoms with Crippen molar-refractivity contribution in [2.45, 2.75) is 30.1 Å². The van der Waals surface area contributed by atoms with Gasteiger partial charge in [-0.25, -0.2) is 12.8 Å². The van der Waals surface area contributed by atoms with Gasteiger partial charge in [-0.3, -0.25) is 9.97 Å². The predicted octanol–water partition coefficient (Wildman–Crippen LogP) is 3.85. The van der Waals surface area contributed by atoms with Crippen molar-refractivity contribution in [1.82, 2.24) is 9.97 Å². The van der Waals surface area contributed by atoms with E-state index in [1.807, 2.05) is 0 Å². The van der Waals surface area contributed by atoms with Gasteiger partial charge in [0.25, 0.3) is 6.17 Å².